The maximum atomic E-state index is 10.6. The summed E-state index contributed by atoms with van der Waals surface area (Å²) in [6.07, 6.45) is 1.87. The molecule has 19 heavy (non-hydrogen) atoms. The highest BCUT2D eigenvalue weighted by atomic mass is 16.5. The summed E-state index contributed by atoms with van der Waals surface area (Å²) in [6.45, 7) is 7.85. The van der Waals surface area contributed by atoms with Crippen LogP contribution >= 0.6 is 0 Å². The molecule has 1 N–H and O–H groups in total. The van der Waals surface area contributed by atoms with Crippen LogP contribution in [0.25, 0.3) is 0 Å². The van der Waals surface area contributed by atoms with Gasteiger partial charge in [0.2, 0.25) is 0 Å². The fraction of sp³-hybridized carbons (Fsp3) is 0.625. The van der Waals surface area contributed by atoms with E-state index >= 15 is 0 Å². The minimum atomic E-state index is -0.454. The minimum Gasteiger partial charge on any atom is -0.491 e. The lowest BCUT2D eigenvalue weighted by molar-refractivity contribution is 0.0143. The second kappa shape index (κ2) is 5.93. The third-order valence-electron chi connectivity index (χ3n) is 3.96. The summed E-state index contributed by atoms with van der Waals surface area (Å²) < 4.78 is 5.89. The number of aliphatic hydroxyl groups is 1. The number of hydrogen-bond donors (Lipinski definition) is 1. The molecule has 1 aliphatic rings. The van der Waals surface area contributed by atoms with Crippen LogP contribution in [0.1, 0.15) is 42.6 Å². The number of aryl methyl sites for hydroxylation is 2. The highest BCUT2D eigenvalue weighted by Gasteiger charge is 2.32. The third-order valence-corrected chi connectivity index (χ3v) is 3.96. The Morgan fingerprint density at radius 3 is 2.79 bits per heavy atom. The van der Waals surface area contributed by atoms with Gasteiger partial charge >= 0.3 is 0 Å². The van der Waals surface area contributed by atoms with Gasteiger partial charge in [-0.25, -0.2) is 0 Å². The summed E-state index contributed by atoms with van der Waals surface area (Å²) in [7, 11) is 2.07. The average molecular weight is 263 g/mol. The lowest BCUT2D eigenvalue weighted by Gasteiger charge is -2.37. The molecule has 2 rings (SSSR count). The van der Waals surface area contributed by atoms with Crippen molar-refractivity contribution in [1.29, 1.82) is 0 Å². The van der Waals surface area contributed by atoms with Crippen molar-refractivity contribution in [2.24, 2.45) is 0 Å². The molecule has 2 atom stereocenters. The average Bonchev–Trinajstić information content (AvgIpc) is 2.37. The molecule has 1 aliphatic heterocycles. The molecule has 3 heteroatoms. The van der Waals surface area contributed by atoms with Crippen molar-refractivity contribution in [2.45, 2.75) is 45.8 Å². The molecule has 0 saturated carbocycles. The summed E-state index contributed by atoms with van der Waals surface area (Å²) >= 11 is 0. The van der Waals surface area contributed by atoms with Gasteiger partial charge in [0.05, 0.1) is 6.04 Å². The Bertz CT molecular complexity index is 445. The Balaban J connectivity index is 2.21. The van der Waals surface area contributed by atoms with Crippen molar-refractivity contribution < 1.29 is 9.84 Å². The number of hydrogen-bond acceptors (Lipinski definition) is 3. The molecule has 0 amide bonds. The predicted octanol–water partition coefficient (Wildman–Crippen LogP) is 2.83. The van der Waals surface area contributed by atoms with Crippen LogP contribution in [0, 0.1) is 13.8 Å². The van der Waals surface area contributed by atoms with Gasteiger partial charge in [-0.2, -0.15) is 0 Å². The van der Waals surface area contributed by atoms with Crippen molar-refractivity contribution in [1.82, 2.24) is 4.90 Å². The highest BCUT2D eigenvalue weighted by Crippen LogP contribution is 2.37. The molecule has 2 unspecified atom stereocenters. The Kier molecular flexibility index (Phi) is 4.48. The zero-order valence-corrected chi connectivity index (χ0v) is 12.4. The molecular formula is C16H25NO2. The first kappa shape index (κ1) is 14.4. The van der Waals surface area contributed by atoms with Crippen LogP contribution in [-0.2, 0) is 0 Å². The summed E-state index contributed by atoms with van der Waals surface area (Å²) in [4.78, 5) is 2.22. The topological polar surface area (TPSA) is 32.7 Å². The number of fused-ring (bicyclic) bond motifs is 1. The van der Waals surface area contributed by atoms with E-state index in [9.17, 15) is 5.11 Å². The third kappa shape index (κ3) is 2.93. The molecule has 0 aromatic heterocycles. The van der Waals surface area contributed by atoms with E-state index in [1.165, 1.54) is 12.0 Å². The molecule has 1 aromatic rings. The van der Waals surface area contributed by atoms with E-state index in [1.54, 1.807) is 0 Å². The van der Waals surface area contributed by atoms with Gasteiger partial charge < -0.3 is 9.84 Å². The van der Waals surface area contributed by atoms with Crippen molar-refractivity contribution in [2.75, 3.05) is 20.2 Å². The standard InChI is InChI=1S/C16H25NO2/c1-5-6-7-17(4)14-10-19-16-12(3)8-11(2)9-13(16)15(14)18/h8-9,14-15,18H,5-7,10H2,1-4H3. The van der Waals surface area contributed by atoms with E-state index < -0.39 is 6.10 Å². The second-order valence-electron chi connectivity index (χ2n) is 5.66. The molecule has 0 aliphatic carbocycles. The predicted molar refractivity (Wildman–Crippen MR) is 77.7 cm³/mol. The van der Waals surface area contributed by atoms with Crippen LogP contribution in [0.15, 0.2) is 12.1 Å². The van der Waals surface area contributed by atoms with Crippen LogP contribution < -0.4 is 4.74 Å². The Hall–Kier alpha value is -1.06. The van der Waals surface area contributed by atoms with E-state index in [0.29, 0.717) is 6.61 Å². The maximum absolute atomic E-state index is 10.6. The molecule has 0 spiro atoms. The molecular weight excluding hydrogens is 238 g/mol. The number of ether oxygens (including phenoxy) is 1. The van der Waals surface area contributed by atoms with E-state index in [2.05, 4.69) is 31.9 Å². The van der Waals surface area contributed by atoms with Gasteiger partial charge in [0.25, 0.3) is 0 Å². The van der Waals surface area contributed by atoms with Gasteiger partial charge in [-0.3, -0.25) is 4.90 Å². The van der Waals surface area contributed by atoms with Gasteiger partial charge in [0, 0.05) is 5.56 Å². The van der Waals surface area contributed by atoms with Gasteiger partial charge in [0.1, 0.15) is 18.5 Å². The number of nitrogens with zero attached hydrogens (tertiary/aromatic N) is 1. The Labute approximate surface area is 116 Å². The molecule has 0 bridgehead atoms. The van der Waals surface area contributed by atoms with Crippen LogP contribution in [0.5, 0.6) is 5.75 Å². The van der Waals surface area contributed by atoms with Crippen molar-refractivity contribution >= 4 is 0 Å². The fourth-order valence-electron chi connectivity index (χ4n) is 2.81. The summed E-state index contributed by atoms with van der Waals surface area (Å²) in [5.41, 5.74) is 3.23. The molecule has 1 heterocycles. The normalized spacial score (nSPS) is 22.2. The van der Waals surface area contributed by atoms with Gasteiger partial charge in [0.15, 0.2) is 0 Å². The molecule has 0 fully saturated rings. The zero-order valence-electron chi connectivity index (χ0n) is 12.4. The SMILES string of the molecule is CCCCN(C)C1COc2c(C)cc(C)cc2C1O. The fourth-order valence-corrected chi connectivity index (χ4v) is 2.81. The lowest BCUT2D eigenvalue weighted by atomic mass is 9.94. The van der Waals surface area contributed by atoms with Crippen molar-refractivity contribution in [3.05, 3.63) is 28.8 Å². The molecule has 1 aromatic carbocycles. The van der Waals surface area contributed by atoms with E-state index in [4.69, 9.17) is 4.74 Å². The quantitative estimate of drug-likeness (QED) is 0.906. The number of aliphatic hydroxyl groups excluding tert-OH is 1. The monoisotopic (exact) mass is 263 g/mol. The van der Waals surface area contributed by atoms with E-state index in [0.717, 1.165) is 29.8 Å². The highest BCUT2D eigenvalue weighted by molar-refractivity contribution is 5.46. The Morgan fingerprint density at radius 1 is 1.37 bits per heavy atom. The van der Waals surface area contributed by atoms with Crippen LogP contribution in [0.3, 0.4) is 0 Å². The Morgan fingerprint density at radius 2 is 2.11 bits per heavy atom. The van der Waals surface area contributed by atoms with Gasteiger partial charge in [-0.05, 0) is 45.5 Å². The van der Waals surface area contributed by atoms with Crippen molar-refractivity contribution in [3.63, 3.8) is 0 Å². The first-order valence-corrected chi connectivity index (χ1v) is 7.16. The van der Waals surface area contributed by atoms with E-state index in [-0.39, 0.29) is 6.04 Å². The molecule has 106 valence electrons. The second-order valence-corrected chi connectivity index (χ2v) is 5.66. The first-order chi connectivity index (χ1) is 9.04. The van der Waals surface area contributed by atoms with Crippen LogP contribution in [0.2, 0.25) is 0 Å². The van der Waals surface area contributed by atoms with Crippen molar-refractivity contribution in [3.8, 4) is 5.75 Å². The smallest absolute Gasteiger partial charge is 0.128 e. The number of rotatable bonds is 4. The minimum absolute atomic E-state index is 0.0558. The summed E-state index contributed by atoms with van der Waals surface area (Å²) in [6, 6.07) is 4.21. The summed E-state index contributed by atoms with van der Waals surface area (Å²) in [5, 5.41) is 10.6. The van der Waals surface area contributed by atoms with Gasteiger partial charge in [-0.15, -0.1) is 0 Å². The van der Waals surface area contributed by atoms with Crippen LogP contribution in [0.4, 0.5) is 0 Å². The van der Waals surface area contributed by atoms with Gasteiger partial charge in [-0.1, -0.05) is 25.0 Å². The lowest BCUT2D eigenvalue weighted by Crippen LogP contribution is -2.44. The van der Waals surface area contributed by atoms with E-state index in [1.807, 2.05) is 13.0 Å². The number of benzene rings is 1. The first-order valence-electron chi connectivity index (χ1n) is 7.16. The maximum Gasteiger partial charge on any atom is 0.128 e. The molecule has 0 saturated heterocycles. The molecule has 0 radical (unpaired) electrons. The zero-order chi connectivity index (χ0) is 14.0. The van der Waals surface area contributed by atoms with Crippen LogP contribution in [-0.4, -0.2) is 36.2 Å². The number of likely N-dealkylation sites (N-methyl/N-ethyl adjacent to an activating group) is 1. The number of unbranched alkanes of at least 4 members (excludes halogenated alkanes) is 1. The largest absolute Gasteiger partial charge is 0.491 e. The molecule has 3 nitrogen and oxygen atoms in total. The summed E-state index contributed by atoms with van der Waals surface area (Å²) in [5.74, 6) is 0.873.